The molecule has 1 amide bonds. The van der Waals surface area contributed by atoms with E-state index in [9.17, 15) is 4.79 Å². The smallest absolute Gasteiger partial charge is 0.239 e. The Labute approximate surface area is 132 Å². The number of hydrogen-bond acceptors (Lipinski definition) is 4. The third-order valence-corrected chi connectivity index (χ3v) is 5.11. The summed E-state index contributed by atoms with van der Waals surface area (Å²) in [5.74, 6) is 0.262. The van der Waals surface area contributed by atoms with E-state index in [1.807, 2.05) is 4.90 Å². The highest BCUT2D eigenvalue weighted by Gasteiger charge is 2.31. The average molecular weight is 305 g/mol. The monoisotopic (exact) mass is 305 g/mol. The maximum absolute atomic E-state index is 12.9. The zero-order chi connectivity index (χ0) is 15.7. The van der Waals surface area contributed by atoms with E-state index in [-0.39, 0.29) is 11.9 Å². The fourth-order valence-electron chi connectivity index (χ4n) is 3.46. The number of carbonyl (C=O) groups is 1. The van der Waals surface area contributed by atoms with Gasteiger partial charge in [0.1, 0.15) is 0 Å². The Morgan fingerprint density at radius 3 is 2.68 bits per heavy atom. The molecule has 1 N–H and O–H groups in total. The molecule has 0 spiro atoms. The number of rotatable bonds is 3. The molecule has 0 radical (unpaired) electrons. The van der Waals surface area contributed by atoms with Gasteiger partial charge in [-0.3, -0.25) is 14.8 Å². The van der Waals surface area contributed by atoms with Gasteiger partial charge in [0, 0.05) is 56.9 Å². The molecule has 2 aliphatic heterocycles. The first kappa shape index (κ1) is 15.5. The van der Waals surface area contributed by atoms with Crippen LogP contribution in [0.3, 0.4) is 0 Å². The molecule has 1 fully saturated rings. The molecule has 1 atom stereocenters. The molecule has 3 rings (SSSR count). The Morgan fingerprint density at radius 1 is 1.27 bits per heavy atom. The Hall–Kier alpha value is -1.40. The second kappa shape index (κ2) is 6.38. The SMILES string of the molecule is CCc1n[nH]c2c1CN(C(=O)[C@H](C)N1CCN(C)CC1)CC2. The number of aryl methyl sites for hydroxylation is 1. The van der Waals surface area contributed by atoms with Crippen molar-refractivity contribution < 1.29 is 4.79 Å². The Balaban J connectivity index is 1.65. The van der Waals surface area contributed by atoms with Gasteiger partial charge in [-0.1, -0.05) is 6.92 Å². The van der Waals surface area contributed by atoms with E-state index in [1.54, 1.807) is 0 Å². The lowest BCUT2D eigenvalue weighted by molar-refractivity contribution is -0.138. The van der Waals surface area contributed by atoms with Gasteiger partial charge in [-0.2, -0.15) is 5.10 Å². The lowest BCUT2D eigenvalue weighted by atomic mass is 10.0. The molecule has 0 bridgehead atoms. The molecule has 2 aliphatic rings. The van der Waals surface area contributed by atoms with Crippen molar-refractivity contribution in [2.75, 3.05) is 39.8 Å². The van der Waals surface area contributed by atoms with Crippen LogP contribution in [-0.4, -0.2) is 76.6 Å². The second-order valence-electron chi connectivity index (χ2n) is 6.51. The molecule has 1 saturated heterocycles. The molecule has 3 heterocycles. The molecular weight excluding hydrogens is 278 g/mol. The number of fused-ring (bicyclic) bond motifs is 1. The van der Waals surface area contributed by atoms with Gasteiger partial charge < -0.3 is 9.80 Å². The number of aromatic nitrogens is 2. The van der Waals surface area contributed by atoms with E-state index in [1.165, 1.54) is 11.3 Å². The van der Waals surface area contributed by atoms with Crippen molar-refractivity contribution in [3.63, 3.8) is 0 Å². The summed E-state index contributed by atoms with van der Waals surface area (Å²) in [6.07, 6.45) is 1.81. The third kappa shape index (κ3) is 2.90. The van der Waals surface area contributed by atoms with E-state index in [0.29, 0.717) is 6.54 Å². The zero-order valence-corrected chi connectivity index (χ0v) is 13.9. The molecule has 1 aromatic heterocycles. The highest BCUT2D eigenvalue weighted by molar-refractivity contribution is 5.81. The minimum absolute atomic E-state index is 0.0211. The van der Waals surface area contributed by atoms with Crippen LogP contribution >= 0.6 is 0 Å². The van der Waals surface area contributed by atoms with Crippen molar-refractivity contribution in [1.82, 2.24) is 24.9 Å². The van der Waals surface area contributed by atoms with Crippen LogP contribution in [0.25, 0.3) is 0 Å². The number of amides is 1. The molecule has 0 aromatic carbocycles. The number of carbonyl (C=O) groups excluding carboxylic acids is 1. The maximum atomic E-state index is 12.9. The molecule has 22 heavy (non-hydrogen) atoms. The van der Waals surface area contributed by atoms with Crippen LogP contribution in [0, 0.1) is 0 Å². The number of nitrogens with zero attached hydrogens (tertiary/aromatic N) is 4. The van der Waals surface area contributed by atoms with Crippen molar-refractivity contribution in [2.24, 2.45) is 0 Å². The largest absolute Gasteiger partial charge is 0.336 e. The fraction of sp³-hybridized carbons (Fsp3) is 0.750. The van der Waals surface area contributed by atoms with Crippen molar-refractivity contribution >= 4 is 5.91 Å². The van der Waals surface area contributed by atoms with Crippen LogP contribution < -0.4 is 0 Å². The number of likely N-dealkylation sites (N-methyl/N-ethyl adjacent to an activating group) is 1. The summed E-state index contributed by atoms with van der Waals surface area (Å²) < 4.78 is 0. The number of hydrogen-bond donors (Lipinski definition) is 1. The van der Waals surface area contributed by atoms with Gasteiger partial charge in [0.15, 0.2) is 0 Å². The number of nitrogens with one attached hydrogen (secondary N) is 1. The van der Waals surface area contributed by atoms with Crippen molar-refractivity contribution in [2.45, 2.75) is 39.3 Å². The zero-order valence-electron chi connectivity index (χ0n) is 13.9. The lowest BCUT2D eigenvalue weighted by Gasteiger charge is -2.38. The molecule has 122 valence electrons. The van der Waals surface area contributed by atoms with Gasteiger partial charge in [0.2, 0.25) is 5.91 Å². The van der Waals surface area contributed by atoms with E-state index in [2.05, 4.69) is 40.9 Å². The molecule has 0 unspecified atom stereocenters. The quantitative estimate of drug-likeness (QED) is 0.883. The molecule has 0 aliphatic carbocycles. The summed E-state index contributed by atoms with van der Waals surface area (Å²) in [7, 11) is 2.14. The van der Waals surface area contributed by atoms with E-state index in [0.717, 1.165) is 51.3 Å². The van der Waals surface area contributed by atoms with Crippen LogP contribution in [0.4, 0.5) is 0 Å². The summed E-state index contributed by atoms with van der Waals surface area (Å²) in [5.41, 5.74) is 3.57. The summed E-state index contributed by atoms with van der Waals surface area (Å²) >= 11 is 0. The van der Waals surface area contributed by atoms with Gasteiger partial charge in [-0.15, -0.1) is 0 Å². The van der Waals surface area contributed by atoms with Crippen molar-refractivity contribution in [3.05, 3.63) is 17.0 Å². The second-order valence-corrected chi connectivity index (χ2v) is 6.51. The minimum atomic E-state index is -0.0211. The van der Waals surface area contributed by atoms with Crippen molar-refractivity contribution in [3.8, 4) is 0 Å². The van der Waals surface area contributed by atoms with Gasteiger partial charge >= 0.3 is 0 Å². The molecule has 6 heteroatoms. The predicted octanol–water partition coefficient (Wildman–Crippen LogP) is 0.493. The summed E-state index contributed by atoms with van der Waals surface area (Å²) in [6.45, 7) is 9.74. The van der Waals surface area contributed by atoms with Crippen LogP contribution in [0.1, 0.15) is 30.8 Å². The van der Waals surface area contributed by atoms with Crippen LogP contribution in [0.15, 0.2) is 0 Å². The first-order valence-corrected chi connectivity index (χ1v) is 8.36. The highest BCUT2D eigenvalue weighted by Crippen LogP contribution is 2.22. The van der Waals surface area contributed by atoms with E-state index >= 15 is 0 Å². The molecular formula is C16H27N5O. The van der Waals surface area contributed by atoms with Gasteiger partial charge in [0.25, 0.3) is 0 Å². The minimum Gasteiger partial charge on any atom is -0.336 e. The lowest BCUT2D eigenvalue weighted by Crippen LogP contribution is -2.54. The van der Waals surface area contributed by atoms with Crippen LogP contribution in [-0.2, 0) is 24.2 Å². The summed E-state index contributed by atoms with van der Waals surface area (Å²) in [5, 5.41) is 7.50. The fourth-order valence-corrected chi connectivity index (χ4v) is 3.46. The molecule has 6 nitrogen and oxygen atoms in total. The molecule has 0 saturated carbocycles. The average Bonchev–Trinajstić information content (AvgIpc) is 2.96. The van der Waals surface area contributed by atoms with Crippen LogP contribution in [0.2, 0.25) is 0 Å². The Bertz CT molecular complexity index is 519. The topological polar surface area (TPSA) is 55.5 Å². The number of piperazine rings is 1. The standard InChI is InChI=1S/C16H27N5O/c1-4-14-13-11-21(6-5-15(13)18-17-14)16(22)12(2)20-9-7-19(3)8-10-20/h12H,4-11H2,1-3H3,(H,17,18)/t12-/m0/s1. The van der Waals surface area contributed by atoms with Crippen LogP contribution in [0.5, 0.6) is 0 Å². The first-order chi connectivity index (χ1) is 10.6. The third-order valence-electron chi connectivity index (χ3n) is 5.11. The van der Waals surface area contributed by atoms with E-state index in [4.69, 9.17) is 0 Å². The normalized spacial score (nSPS) is 21.7. The first-order valence-electron chi connectivity index (χ1n) is 8.36. The number of aromatic amines is 1. The van der Waals surface area contributed by atoms with Gasteiger partial charge in [0.05, 0.1) is 11.7 Å². The van der Waals surface area contributed by atoms with Gasteiger partial charge in [-0.25, -0.2) is 0 Å². The summed E-state index contributed by atoms with van der Waals surface area (Å²) in [4.78, 5) is 19.5. The maximum Gasteiger partial charge on any atom is 0.239 e. The highest BCUT2D eigenvalue weighted by atomic mass is 16.2. The van der Waals surface area contributed by atoms with Gasteiger partial charge in [-0.05, 0) is 20.4 Å². The number of H-pyrrole nitrogens is 1. The van der Waals surface area contributed by atoms with Crippen molar-refractivity contribution in [1.29, 1.82) is 0 Å². The Kier molecular flexibility index (Phi) is 4.49. The summed E-state index contributed by atoms with van der Waals surface area (Å²) in [6, 6.07) is -0.0211. The Morgan fingerprint density at radius 2 is 2.00 bits per heavy atom. The molecule has 1 aromatic rings. The van der Waals surface area contributed by atoms with E-state index < -0.39 is 0 Å². The predicted molar refractivity (Wildman–Crippen MR) is 85.6 cm³/mol.